The van der Waals surface area contributed by atoms with E-state index in [0.29, 0.717) is 5.82 Å². The van der Waals surface area contributed by atoms with E-state index in [1.807, 2.05) is 17.0 Å². The van der Waals surface area contributed by atoms with Crippen molar-refractivity contribution in [2.45, 2.75) is 31.2 Å². The minimum Gasteiger partial charge on any atom is -0.348 e. The van der Waals surface area contributed by atoms with E-state index in [2.05, 4.69) is 30.8 Å². The molecule has 3 aliphatic heterocycles. The SMILES string of the molecule is FC(F)(F)c1ccnc(N2C3CC2CN(Cc2ccc(Br)cn2)C3)c1. The van der Waals surface area contributed by atoms with Crippen LogP contribution in [0.5, 0.6) is 0 Å². The molecule has 2 atom stereocenters. The first kappa shape index (κ1) is 16.8. The van der Waals surface area contributed by atoms with E-state index in [9.17, 15) is 13.2 Å². The summed E-state index contributed by atoms with van der Waals surface area (Å²) in [5.74, 6) is 0.428. The Balaban J connectivity index is 1.44. The van der Waals surface area contributed by atoms with Gasteiger partial charge in [0.05, 0.1) is 11.3 Å². The van der Waals surface area contributed by atoms with Gasteiger partial charge in [-0.15, -0.1) is 0 Å². The molecule has 0 N–H and O–H groups in total. The lowest BCUT2D eigenvalue weighted by atomic mass is 9.87. The van der Waals surface area contributed by atoms with Gasteiger partial charge in [0.25, 0.3) is 0 Å². The molecule has 5 rings (SSSR count). The number of pyridine rings is 2. The van der Waals surface area contributed by atoms with E-state index in [-0.39, 0.29) is 12.1 Å². The fourth-order valence-electron chi connectivity index (χ4n) is 3.67. The second-order valence-corrected chi connectivity index (χ2v) is 7.43. The molecule has 3 fully saturated rings. The highest BCUT2D eigenvalue weighted by Gasteiger charge is 2.45. The summed E-state index contributed by atoms with van der Waals surface area (Å²) in [4.78, 5) is 12.9. The second-order valence-electron chi connectivity index (χ2n) is 6.51. The number of rotatable bonds is 3. The fraction of sp³-hybridized carbons (Fsp3) is 0.412. The van der Waals surface area contributed by atoms with Crippen LogP contribution in [0.2, 0.25) is 0 Å². The molecule has 3 saturated heterocycles. The number of halogens is 4. The first-order valence-electron chi connectivity index (χ1n) is 8.04. The van der Waals surface area contributed by atoms with Gasteiger partial charge in [0.15, 0.2) is 0 Å². The van der Waals surface area contributed by atoms with Gasteiger partial charge in [-0.3, -0.25) is 9.88 Å². The molecule has 0 saturated carbocycles. The zero-order valence-electron chi connectivity index (χ0n) is 13.2. The van der Waals surface area contributed by atoms with Gasteiger partial charge in [-0.05, 0) is 46.6 Å². The van der Waals surface area contributed by atoms with Crippen LogP contribution in [0.1, 0.15) is 17.7 Å². The number of hydrogen-bond donors (Lipinski definition) is 0. The predicted octanol–water partition coefficient (Wildman–Crippen LogP) is 3.72. The van der Waals surface area contributed by atoms with Crippen LogP contribution in [0.25, 0.3) is 0 Å². The predicted molar refractivity (Wildman–Crippen MR) is 91.1 cm³/mol. The van der Waals surface area contributed by atoms with Crippen LogP contribution < -0.4 is 4.90 Å². The number of hydrogen-bond acceptors (Lipinski definition) is 4. The van der Waals surface area contributed by atoms with Crippen molar-refractivity contribution in [3.05, 3.63) is 52.4 Å². The monoisotopic (exact) mass is 412 g/mol. The van der Waals surface area contributed by atoms with Crippen LogP contribution in [0, 0.1) is 0 Å². The Kier molecular flexibility index (Phi) is 4.19. The van der Waals surface area contributed by atoms with Gasteiger partial charge in [0.2, 0.25) is 0 Å². The zero-order chi connectivity index (χ0) is 17.6. The summed E-state index contributed by atoms with van der Waals surface area (Å²) >= 11 is 3.37. The third kappa shape index (κ3) is 3.37. The summed E-state index contributed by atoms with van der Waals surface area (Å²) in [5.41, 5.74) is 0.353. The standard InChI is InChI=1S/C17H16BrF3N4/c18-12-1-2-13(23-7-12)8-24-9-14-6-15(10-24)25(14)16-5-11(3-4-22-16)17(19,20)21/h1-5,7,14-15H,6,8-10H2. The van der Waals surface area contributed by atoms with Crippen molar-refractivity contribution in [1.29, 1.82) is 0 Å². The summed E-state index contributed by atoms with van der Waals surface area (Å²) in [6, 6.07) is 6.55. The number of aromatic nitrogens is 2. The maximum Gasteiger partial charge on any atom is 0.416 e. The topological polar surface area (TPSA) is 32.3 Å². The van der Waals surface area contributed by atoms with Gasteiger partial charge >= 0.3 is 6.18 Å². The normalized spacial score (nSPS) is 23.4. The van der Waals surface area contributed by atoms with E-state index < -0.39 is 11.7 Å². The van der Waals surface area contributed by atoms with Crippen molar-refractivity contribution in [3.63, 3.8) is 0 Å². The molecular weight excluding hydrogens is 397 g/mol. The van der Waals surface area contributed by atoms with Crippen molar-refractivity contribution >= 4 is 21.7 Å². The molecule has 0 aliphatic carbocycles. The number of piperidine rings is 1. The van der Waals surface area contributed by atoms with Gasteiger partial charge in [-0.2, -0.15) is 13.2 Å². The Hall–Kier alpha value is -1.67. The summed E-state index contributed by atoms with van der Waals surface area (Å²) in [6.07, 6.45) is -0.312. The summed E-state index contributed by atoms with van der Waals surface area (Å²) < 4.78 is 39.7. The van der Waals surface area contributed by atoms with E-state index in [0.717, 1.165) is 48.4 Å². The number of alkyl halides is 3. The van der Waals surface area contributed by atoms with Crippen LogP contribution in [0.3, 0.4) is 0 Å². The second kappa shape index (κ2) is 6.25. The lowest BCUT2D eigenvalue weighted by molar-refractivity contribution is -0.137. The molecule has 0 amide bonds. The van der Waals surface area contributed by atoms with Crippen LogP contribution in [0.4, 0.5) is 19.0 Å². The number of anilines is 1. The Labute approximate surface area is 151 Å². The number of nitrogens with zero attached hydrogens (tertiary/aromatic N) is 4. The highest BCUT2D eigenvalue weighted by Crippen LogP contribution is 2.38. The third-order valence-corrected chi connectivity index (χ3v) is 5.25. The molecule has 3 aliphatic rings. The van der Waals surface area contributed by atoms with Crippen molar-refractivity contribution in [2.24, 2.45) is 0 Å². The Morgan fingerprint density at radius 3 is 2.52 bits per heavy atom. The van der Waals surface area contributed by atoms with Crippen LogP contribution in [0.15, 0.2) is 41.1 Å². The van der Waals surface area contributed by atoms with E-state index >= 15 is 0 Å². The molecule has 2 unspecified atom stereocenters. The number of piperazine rings is 1. The van der Waals surface area contributed by atoms with Gasteiger partial charge < -0.3 is 4.90 Å². The van der Waals surface area contributed by atoms with Gasteiger partial charge in [0.1, 0.15) is 5.82 Å². The molecule has 2 bridgehead atoms. The molecule has 132 valence electrons. The maximum absolute atomic E-state index is 12.9. The lowest BCUT2D eigenvalue weighted by Gasteiger charge is -2.57. The molecule has 4 nitrogen and oxygen atoms in total. The van der Waals surface area contributed by atoms with Crippen molar-refractivity contribution in [2.75, 3.05) is 18.0 Å². The smallest absolute Gasteiger partial charge is 0.348 e. The fourth-order valence-corrected chi connectivity index (χ4v) is 3.90. The molecule has 25 heavy (non-hydrogen) atoms. The average Bonchev–Trinajstić information content (AvgIpc) is 2.56. The van der Waals surface area contributed by atoms with Gasteiger partial charge in [-0.1, -0.05) is 0 Å². The largest absolute Gasteiger partial charge is 0.416 e. The molecule has 0 spiro atoms. The molecule has 0 radical (unpaired) electrons. The molecule has 2 aromatic heterocycles. The molecule has 0 aromatic carbocycles. The van der Waals surface area contributed by atoms with E-state index in [1.165, 1.54) is 6.20 Å². The summed E-state index contributed by atoms with van der Waals surface area (Å²) in [6.45, 7) is 2.38. The van der Waals surface area contributed by atoms with Crippen molar-refractivity contribution < 1.29 is 13.2 Å². The summed E-state index contributed by atoms with van der Waals surface area (Å²) in [7, 11) is 0. The maximum atomic E-state index is 12.9. The van der Waals surface area contributed by atoms with Gasteiger partial charge in [0, 0.05) is 48.6 Å². The molecular formula is C17H16BrF3N4. The third-order valence-electron chi connectivity index (χ3n) is 4.78. The van der Waals surface area contributed by atoms with Crippen LogP contribution in [-0.2, 0) is 12.7 Å². The van der Waals surface area contributed by atoms with E-state index in [4.69, 9.17) is 0 Å². The Morgan fingerprint density at radius 1 is 1.12 bits per heavy atom. The highest BCUT2D eigenvalue weighted by atomic mass is 79.9. The van der Waals surface area contributed by atoms with Crippen molar-refractivity contribution in [1.82, 2.24) is 14.9 Å². The first-order valence-corrected chi connectivity index (χ1v) is 8.84. The number of fused-ring (bicyclic) bond motifs is 2. The van der Waals surface area contributed by atoms with Crippen LogP contribution in [-0.4, -0.2) is 40.0 Å². The Bertz CT molecular complexity index is 753. The highest BCUT2D eigenvalue weighted by molar-refractivity contribution is 9.10. The summed E-state index contributed by atoms with van der Waals surface area (Å²) in [5, 5.41) is 0. The van der Waals surface area contributed by atoms with Crippen LogP contribution >= 0.6 is 15.9 Å². The first-order chi connectivity index (χ1) is 11.9. The molecule has 8 heteroatoms. The molecule has 5 heterocycles. The average molecular weight is 413 g/mol. The Morgan fingerprint density at radius 2 is 1.88 bits per heavy atom. The zero-order valence-corrected chi connectivity index (χ0v) is 14.8. The lowest BCUT2D eigenvalue weighted by Crippen LogP contribution is -2.69. The minimum absolute atomic E-state index is 0.213. The minimum atomic E-state index is -4.34. The molecule has 2 aromatic rings. The van der Waals surface area contributed by atoms with Gasteiger partial charge in [-0.25, -0.2) is 4.98 Å². The van der Waals surface area contributed by atoms with E-state index in [1.54, 1.807) is 6.20 Å². The quantitative estimate of drug-likeness (QED) is 0.768. The van der Waals surface area contributed by atoms with Crippen molar-refractivity contribution in [3.8, 4) is 0 Å².